The van der Waals surface area contributed by atoms with Gasteiger partial charge in [-0.05, 0) is 115 Å². The summed E-state index contributed by atoms with van der Waals surface area (Å²) in [6, 6.07) is 34.3. The van der Waals surface area contributed by atoms with Crippen molar-refractivity contribution in [1.82, 2.24) is 5.32 Å². The highest BCUT2D eigenvalue weighted by Gasteiger charge is 2.21. The largest absolute Gasteiger partial charge is 0.476 e. The van der Waals surface area contributed by atoms with Crippen molar-refractivity contribution in [2.75, 3.05) is 6.54 Å². The average molecular weight is 572 g/mol. The van der Waals surface area contributed by atoms with Crippen molar-refractivity contribution in [3.05, 3.63) is 131 Å². The number of nitrogens with one attached hydrogen (secondary N) is 1. The van der Waals surface area contributed by atoms with Crippen molar-refractivity contribution in [1.29, 1.82) is 0 Å². The maximum Gasteiger partial charge on any atom is 0.343 e. The molecule has 0 aliphatic heterocycles. The zero-order chi connectivity index (χ0) is 29.4. The molecular formula is C39H41NO3. The van der Waals surface area contributed by atoms with Crippen molar-refractivity contribution >= 4 is 17.1 Å². The molecule has 4 nitrogen and oxygen atoms in total. The van der Waals surface area contributed by atoms with Crippen LogP contribution < -0.4 is 14.8 Å². The highest BCUT2D eigenvalue weighted by Crippen LogP contribution is 2.40. The van der Waals surface area contributed by atoms with Crippen LogP contribution in [0.2, 0.25) is 0 Å². The number of aryl methyl sites for hydroxylation is 1. The molecule has 220 valence electrons. The summed E-state index contributed by atoms with van der Waals surface area (Å²) in [5.74, 6) is 1.81. The molecule has 4 heteroatoms. The lowest BCUT2D eigenvalue weighted by atomic mass is 9.81. The lowest BCUT2D eigenvalue weighted by Crippen LogP contribution is -2.35. The molecule has 6 rings (SSSR count). The fourth-order valence-electron chi connectivity index (χ4n) is 6.50. The lowest BCUT2D eigenvalue weighted by molar-refractivity contribution is 0.0734. The average Bonchev–Trinajstić information content (AvgIpc) is 3.06. The van der Waals surface area contributed by atoms with Crippen molar-refractivity contribution < 1.29 is 14.3 Å². The van der Waals surface area contributed by atoms with Gasteiger partial charge < -0.3 is 9.47 Å². The minimum absolute atomic E-state index is 0.0398. The Morgan fingerprint density at radius 3 is 2.09 bits per heavy atom. The van der Waals surface area contributed by atoms with Crippen LogP contribution in [0, 0.1) is 5.92 Å². The fraction of sp³-hybridized carbons (Fsp3) is 0.308. The Morgan fingerprint density at radius 1 is 0.721 bits per heavy atom. The highest BCUT2D eigenvalue weighted by molar-refractivity contribution is 5.99. The third-order valence-electron chi connectivity index (χ3n) is 8.75. The molecule has 4 aromatic carbocycles. The van der Waals surface area contributed by atoms with E-state index < -0.39 is 0 Å². The number of carbonyl (C=O) groups excluding carboxylic acids is 1. The van der Waals surface area contributed by atoms with Gasteiger partial charge in [0.2, 0.25) is 0 Å². The summed E-state index contributed by atoms with van der Waals surface area (Å²) in [6.45, 7) is 3.11. The quantitative estimate of drug-likeness (QED) is 0.124. The molecule has 0 saturated heterocycles. The molecule has 2 aliphatic rings. The van der Waals surface area contributed by atoms with Crippen LogP contribution in [-0.2, 0) is 6.42 Å². The number of fused-ring (bicyclic) bond motifs is 1. The number of hydrogen-bond donors (Lipinski definition) is 1. The molecule has 0 radical (unpaired) electrons. The van der Waals surface area contributed by atoms with Gasteiger partial charge in [-0.15, -0.1) is 0 Å². The van der Waals surface area contributed by atoms with E-state index in [0.717, 1.165) is 48.6 Å². The Labute approximate surface area is 255 Å². The molecule has 1 atom stereocenters. The summed E-state index contributed by atoms with van der Waals surface area (Å²) < 4.78 is 11.9. The Morgan fingerprint density at radius 2 is 1.37 bits per heavy atom. The van der Waals surface area contributed by atoms with Gasteiger partial charge in [0.15, 0.2) is 0 Å². The second-order valence-corrected chi connectivity index (χ2v) is 11.8. The number of rotatable bonds is 9. The van der Waals surface area contributed by atoms with Crippen molar-refractivity contribution in [2.24, 2.45) is 5.92 Å². The van der Waals surface area contributed by atoms with Crippen LogP contribution in [0.4, 0.5) is 0 Å². The molecule has 0 bridgehead atoms. The molecule has 0 heterocycles. The number of hydrogen-bond acceptors (Lipinski definition) is 4. The summed E-state index contributed by atoms with van der Waals surface area (Å²) in [5.41, 5.74) is 8.07. The van der Waals surface area contributed by atoms with Gasteiger partial charge in [0.1, 0.15) is 17.7 Å². The first kappa shape index (κ1) is 28.9. The van der Waals surface area contributed by atoms with Gasteiger partial charge in [-0.1, -0.05) is 86.0 Å². The number of benzene rings is 4. The Kier molecular flexibility index (Phi) is 9.34. The topological polar surface area (TPSA) is 47.6 Å². The molecule has 2 aliphatic carbocycles. The van der Waals surface area contributed by atoms with Crippen molar-refractivity contribution in [3.8, 4) is 11.5 Å². The van der Waals surface area contributed by atoms with Gasteiger partial charge in [-0.3, -0.25) is 5.32 Å². The van der Waals surface area contributed by atoms with Crippen LogP contribution in [-0.4, -0.2) is 18.7 Å². The van der Waals surface area contributed by atoms with Gasteiger partial charge in [0.25, 0.3) is 0 Å². The summed E-state index contributed by atoms with van der Waals surface area (Å²) in [6.07, 6.45) is 9.92. The number of carbonyl (C=O) groups is 1. The van der Waals surface area contributed by atoms with E-state index in [-0.39, 0.29) is 12.2 Å². The molecule has 1 fully saturated rings. The molecule has 4 aromatic rings. The van der Waals surface area contributed by atoms with Crippen molar-refractivity contribution in [2.45, 2.75) is 64.5 Å². The maximum atomic E-state index is 12.6. The Bertz CT molecular complexity index is 1530. The summed E-state index contributed by atoms with van der Waals surface area (Å²) in [4.78, 5) is 12.6. The van der Waals surface area contributed by atoms with Crippen LogP contribution >= 0.6 is 0 Å². The third-order valence-corrected chi connectivity index (χ3v) is 8.75. The molecule has 1 N–H and O–H groups in total. The van der Waals surface area contributed by atoms with E-state index in [9.17, 15) is 4.79 Å². The maximum absolute atomic E-state index is 12.6. The molecule has 0 spiro atoms. The summed E-state index contributed by atoms with van der Waals surface area (Å²) in [7, 11) is 0. The zero-order valence-electron chi connectivity index (χ0n) is 25.1. The molecule has 1 saturated carbocycles. The first-order chi connectivity index (χ1) is 21.1. The monoisotopic (exact) mass is 571 g/mol. The molecular weight excluding hydrogens is 530 g/mol. The first-order valence-corrected chi connectivity index (χ1v) is 15.8. The van der Waals surface area contributed by atoms with Gasteiger partial charge in [-0.25, -0.2) is 4.79 Å². The van der Waals surface area contributed by atoms with E-state index in [4.69, 9.17) is 9.47 Å². The van der Waals surface area contributed by atoms with Crippen LogP contribution in [0.1, 0.15) is 84.5 Å². The minimum Gasteiger partial charge on any atom is -0.476 e. The Hall–Kier alpha value is -4.15. The van der Waals surface area contributed by atoms with Gasteiger partial charge in [-0.2, -0.15) is 0 Å². The van der Waals surface area contributed by atoms with Gasteiger partial charge in [0.05, 0.1) is 5.56 Å². The lowest BCUT2D eigenvalue weighted by Gasteiger charge is -2.25. The molecule has 0 amide bonds. The molecule has 1 unspecified atom stereocenters. The SMILES string of the molecule is CC(NCC1CCCCC1)Oc1ccc(C(=C2CCCc3ccccc32)c2ccc(OC(=O)c3ccccc3)cc2)cc1. The standard InChI is InChI=1S/C39H41NO3/c1-28(40-27-29-11-4-2-5-12-29)42-34-23-19-31(20-24-34)38(37-18-10-16-30-13-8-9-17-36(30)37)32-21-25-35(26-22-32)43-39(41)33-14-6-3-7-15-33/h3,6-9,13-15,17,19-26,28-29,40H,2,4-5,10-12,16,18,27H2,1H3. The fourth-order valence-corrected chi connectivity index (χ4v) is 6.50. The van der Waals surface area contributed by atoms with E-state index in [1.807, 2.05) is 30.3 Å². The number of esters is 1. The van der Waals surface area contributed by atoms with Crippen molar-refractivity contribution in [3.63, 3.8) is 0 Å². The predicted molar refractivity (Wildman–Crippen MR) is 174 cm³/mol. The summed E-state index contributed by atoms with van der Waals surface area (Å²) >= 11 is 0. The smallest absolute Gasteiger partial charge is 0.343 e. The second kappa shape index (κ2) is 13.9. The van der Waals surface area contributed by atoms with Gasteiger partial charge in [0, 0.05) is 6.54 Å². The van der Waals surface area contributed by atoms with E-state index in [1.165, 1.54) is 54.4 Å². The van der Waals surface area contributed by atoms with Crippen LogP contribution in [0.15, 0.2) is 103 Å². The van der Waals surface area contributed by atoms with Gasteiger partial charge >= 0.3 is 5.97 Å². The number of ether oxygens (including phenoxy) is 2. The second-order valence-electron chi connectivity index (χ2n) is 11.8. The third kappa shape index (κ3) is 7.26. The first-order valence-electron chi connectivity index (χ1n) is 15.8. The van der Waals surface area contributed by atoms with E-state index in [1.54, 1.807) is 12.1 Å². The zero-order valence-corrected chi connectivity index (χ0v) is 25.1. The van der Waals surface area contributed by atoms with Crippen LogP contribution in [0.25, 0.3) is 11.1 Å². The minimum atomic E-state index is -0.355. The van der Waals surface area contributed by atoms with E-state index >= 15 is 0 Å². The summed E-state index contributed by atoms with van der Waals surface area (Å²) in [5, 5.41) is 3.59. The highest BCUT2D eigenvalue weighted by atomic mass is 16.5. The van der Waals surface area contributed by atoms with E-state index in [0.29, 0.717) is 11.3 Å². The normalized spacial score (nSPS) is 17.0. The molecule has 43 heavy (non-hydrogen) atoms. The van der Waals surface area contributed by atoms with Crippen LogP contribution in [0.5, 0.6) is 11.5 Å². The molecule has 0 aromatic heterocycles. The van der Waals surface area contributed by atoms with E-state index in [2.05, 4.69) is 72.9 Å². The predicted octanol–water partition coefficient (Wildman–Crippen LogP) is 9.10. The Balaban J connectivity index is 1.24. The van der Waals surface area contributed by atoms with Crippen LogP contribution in [0.3, 0.4) is 0 Å². The number of allylic oxidation sites excluding steroid dienone is 1.